The number of morpholine rings is 1. The smallest absolute Gasteiger partial charge is 0.0949 e. The number of nitrogens with one attached hydrogen (secondary N) is 3. The summed E-state index contributed by atoms with van der Waals surface area (Å²) < 4.78 is 5.81. The van der Waals surface area contributed by atoms with Gasteiger partial charge in [-0.2, -0.15) is 0 Å². The van der Waals surface area contributed by atoms with Gasteiger partial charge < -0.3 is 10.1 Å². The van der Waals surface area contributed by atoms with Crippen LogP contribution in [-0.4, -0.2) is 19.7 Å². The van der Waals surface area contributed by atoms with Crippen LogP contribution < -0.4 is 16.2 Å². The molecule has 2 saturated heterocycles. The average molecular weight is 344 g/mol. The molecular formula is C19H22ClN3O. The zero-order valence-corrected chi connectivity index (χ0v) is 14.2. The van der Waals surface area contributed by atoms with Crippen LogP contribution in [0.3, 0.4) is 0 Å². The molecule has 24 heavy (non-hydrogen) atoms. The average Bonchev–Trinajstić information content (AvgIpc) is 3.13. The molecule has 4 nitrogen and oxygen atoms in total. The molecular weight excluding hydrogens is 322 g/mol. The van der Waals surface area contributed by atoms with Crippen molar-refractivity contribution in [3.8, 4) is 0 Å². The van der Waals surface area contributed by atoms with Crippen molar-refractivity contribution in [1.29, 1.82) is 0 Å². The summed E-state index contributed by atoms with van der Waals surface area (Å²) in [5.41, 5.74) is 10.6. The summed E-state index contributed by atoms with van der Waals surface area (Å²) in [4.78, 5) is 0. The second kappa shape index (κ2) is 7.21. The highest BCUT2D eigenvalue weighted by molar-refractivity contribution is 6.30. The van der Waals surface area contributed by atoms with E-state index in [9.17, 15) is 0 Å². The fraction of sp³-hybridized carbons (Fsp3) is 0.368. The molecule has 0 aromatic heterocycles. The van der Waals surface area contributed by atoms with E-state index >= 15 is 0 Å². The first-order valence-corrected chi connectivity index (χ1v) is 8.86. The Morgan fingerprint density at radius 1 is 0.833 bits per heavy atom. The van der Waals surface area contributed by atoms with Crippen LogP contribution in [0, 0.1) is 0 Å². The Morgan fingerprint density at radius 3 is 2.00 bits per heavy atom. The third-order valence-corrected chi connectivity index (χ3v) is 5.07. The predicted molar refractivity (Wildman–Crippen MR) is 95.8 cm³/mol. The van der Waals surface area contributed by atoms with Gasteiger partial charge in [-0.3, -0.25) is 0 Å². The Bertz CT molecular complexity index is 668. The number of benzene rings is 2. The van der Waals surface area contributed by atoms with Crippen LogP contribution in [0.1, 0.15) is 41.3 Å². The van der Waals surface area contributed by atoms with Gasteiger partial charge in [0.2, 0.25) is 0 Å². The van der Waals surface area contributed by atoms with Gasteiger partial charge in [0.25, 0.3) is 0 Å². The predicted octanol–water partition coefficient (Wildman–Crippen LogP) is 3.28. The first-order valence-electron chi connectivity index (χ1n) is 8.48. The number of hydrazine groups is 1. The van der Waals surface area contributed by atoms with Crippen molar-refractivity contribution in [2.45, 2.75) is 24.6 Å². The maximum absolute atomic E-state index is 5.97. The first kappa shape index (κ1) is 16.1. The molecule has 126 valence electrons. The van der Waals surface area contributed by atoms with Crippen LogP contribution in [-0.2, 0) is 4.74 Å². The van der Waals surface area contributed by atoms with Crippen LogP contribution in [0.2, 0.25) is 5.02 Å². The Morgan fingerprint density at radius 2 is 1.42 bits per heavy atom. The van der Waals surface area contributed by atoms with Crippen molar-refractivity contribution in [3.63, 3.8) is 0 Å². The van der Waals surface area contributed by atoms with Gasteiger partial charge in [0, 0.05) is 30.2 Å². The van der Waals surface area contributed by atoms with E-state index in [0.717, 1.165) is 31.1 Å². The minimum absolute atomic E-state index is 0.171. The van der Waals surface area contributed by atoms with Crippen LogP contribution in [0.25, 0.3) is 0 Å². The number of ether oxygens (including phenoxy) is 1. The molecule has 2 aliphatic heterocycles. The lowest BCUT2D eigenvalue weighted by atomic mass is 9.96. The van der Waals surface area contributed by atoms with Gasteiger partial charge in [-0.05, 0) is 35.2 Å². The SMILES string of the molecule is Clc1ccc(C2CC(c3ccc(C4CNCCO4)cc3)NN2)cc1. The summed E-state index contributed by atoms with van der Waals surface area (Å²) in [6.45, 7) is 2.61. The second-order valence-electron chi connectivity index (χ2n) is 6.41. The third-order valence-electron chi connectivity index (χ3n) is 4.81. The van der Waals surface area contributed by atoms with Gasteiger partial charge in [-0.15, -0.1) is 0 Å². The highest BCUT2D eigenvalue weighted by Gasteiger charge is 2.26. The topological polar surface area (TPSA) is 45.3 Å². The molecule has 3 unspecified atom stereocenters. The highest BCUT2D eigenvalue weighted by Crippen LogP contribution is 2.32. The summed E-state index contributed by atoms with van der Waals surface area (Å²) in [6.07, 6.45) is 1.19. The van der Waals surface area contributed by atoms with E-state index < -0.39 is 0 Å². The molecule has 5 heteroatoms. The molecule has 0 amide bonds. The fourth-order valence-corrected chi connectivity index (χ4v) is 3.54. The second-order valence-corrected chi connectivity index (χ2v) is 6.85. The highest BCUT2D eigenvalue weighted by atomic mass is 35.5. The van der Waals surface area contributed by atoms with Crippen LogP contribution in [0.4, 0.5) is 0 Å². The van der Waals surface area contributed by atoms with Gasteiger partial charge in [-0.1, -0.05) is 48.0 Å². The lowest BCUT2D eigenvalue weighted by Gasteiger charge is -2.24. The van der Waals surface area contributed by atoms with Crippen molar-refractivity contribution in [1.82, 2.24) is 16.2 Å². The number of rotatable bonds is 3. The summed E-state index contributed by atoms with van der Waals surface area (Å²) >= 11 is 5.97. The minimum atomic E-state index is 0.171. The van der Waals surface area contributed by atoms with Crippen LogP contribution in [0.5, 0.6) is 0 Å². The van der Waals surface area contributed by atoms with E-state index in [1.54, 1.807) is 0 Å². The largest absolute Gasteiger partial charge is 0.371 e. The van der Waals surface area contributed by atoms with E-state index in [2.05, 4.69) is 52.6 Å². The van der Waals surface area contributed by atoms with E-state index in [-0.39, 0.29) is 6.10 Å². The fourth-order valence-electron chi connectivity index (χ4n) is 3.41. The monoisotopic (exact) mass is 343 g/mol. The molecule has 3 atom stereocenters. The first-order chi connectivity index (χ1) is 11.8. The Labute approximate surface area is 147 Å². The van der Waals surface area contributed by atoms with Gasteiger partial charge >= 0.3 is 0 Å². The molecule has 2 aromatic carbocycles. The molecule has 2 aliphatic rings. The summed E-state index contributed by atoms with van der Waals surface area (Å²) in [5.74, 6) is 0. The number of hydrogen-bond donors (Lipinski definition) is 3. The molecule has 2 fully saturated rings. The number of halogens is 1. The minimum Gasteiger partial charge on any atom is -0.371 e. The van der Waals surface area contributed by atoms with Crippen molar-refractivity contribution in [3.05, 3.63) is 70.2 Å². The quantitative estimate of drug-likeness (QED) is 0.800. The van der Waals surface area contributed by atoms with Crippen molar-refractivity contribution >= 4 is 11.6 Å². The maximum atomic E-state index is 5.97. The van der Waals surface area contributed by atoms with E-state index in [0.29, 0.717) is 12.1 Å². The van der Waals surface area contributed by atoms with Crippen LogP contribution >= 0.6 is 11.6 Å². The van der Waals surface area contributed by atoms with E-state index in [4.69, 9.17) is 16.3 Å². The molecule has 4 rings (SSSR count). The normalized spacial score (nSPS) is 27.3. The standard InChI is InChI=1S/C19H22ClN3O/c20-16-7-5-14(6-8-16)18-11-17(22-23-18)13-1-3-15(4-2-13)19-12-21-9-10-24-19/h1-8,17-19,21-23H,9-12H2. The Hall–Kier alpha value is -1.43. The summed E-state index contributed by atoms with van der Waals surface area (Å²) in [5, 5.41) is 4.15. The zero-order valence-electron chi connectivity index (χ0n) is 13.5. The lowest BCUT2D eigenvalue weighted by Crippen LogP contribution is -2.33. The van der Waals surface area contributed by atoms with E-state index in [1.807, 2.05) is 12.1 Å². The Balaban J connectivity index is 1.42. The molecule has 0 spiro atoms. The molecule has 0 bridgehead atoms. The van der Waals surface area contributed by atoms with Gasteiger partial charge in [0.1, 0.15) is 0 Å². The summed E-state index contributed by atoms with van der Waals surface area (Å²) in [6, 6.07) is 17.4. The molecule has 0 radical (unpaired) electrons. The maximum Gasteiger partial charge on any atom is 0.0949 e. The van der Waals surface area contributed by atoms with Crippen molar-refractivity contribution in [2.75, 3.05) is 19.7 Å². The third kappa shape index (κ3) is 3.48. The molecule has 3 N–H and O–H groups in total. The van der Waals surface area contributed by atoms with Gasteiger partial charge in [0.15, 0.2) is 0 Å². The summed E-state index contributed by atoms with van der Waals surface area (Å²) in [7, 11) is 0. The lowest BCUT2D eigenvalue weighted by molar-refractivity contribution is 0.0277. The molecule has 0 saturated carbocycles. The van der Waals surface area contributed by atoms with Crippen molar-refractivity contribution in [2.24, 2.45) is 0 Å². The Kier molecular flexibility index (Phi) is 4.83. The molecule has 2 aromatic rings. The van der Waals surface area contributed by atoms with Gasteiger partial charge in [-0.25, -0.2) is 10.9 Å². The zero-order chi connectivity index (χ0) is 16.4. The van der Waals surface area contributed by atoms with Gasteiger partial charge in [0.05, 0.1) is 12.7 Å². The van der Waals surface area contributed by atoms with Crippen molar-refractivity contribution < 1.29 is 4.74 Å². The molecule has 0 aliphatic carbocycles. The van der Waals surface area contributed by atoms with Crippen LogP contribution in [0.15, 0.2) is 48.5 Å². The molecule has 2 heterocycles. The van der Waals surface area contributed by atoms with E-state index in [1.165, 1.54) is 16.7 Å². The number of hydrogen-bond acceptors (Lipinski definition) is 4.